The summed E-state index contributed by atoms with van der Waals surface area (Å²) in [6, 6.07) is 21.3. The van der Waals surface area contributed by atoms with Crippen molar-refractivity contribution in [1.82, 2.24) is 26.1 Å². The first kappa shape index (κ1) is 39.8. The number of Topliss-reactive ketones (excluding diaryl/α,β-unsaturated/α-hetero) is 1. The van der Waals surface area contributed by atoms with Crippen molar-refractivity contribution in [1.29, 1.82) is 0 Å². The zero-order valence-corrected chi connectivity index (χ0v) is 30.5. The molecule has 11 heteroatoms. The molecular weight excluding hydrogens is 634 g/mol. The van der Waals surface area contributed by atoms with E-state index in [1.165, 1.54) is 14.0 Å². The van der Waals surface area contributed by atoms with Crippen molar-refractivity contribution in [3.05, 3.63) is 90.1 Å². The molecule has 270 valence electrons. The fraction of sp³-hybridized carbons (Fsp3) is 0.462. The number of amides is 3. The molecule has 11 nitrogen and oxygen atoms in total. The van der Waals surface area contributed by atoms with Crippen molar-refractivity contribution in [3.63, 3.8) is 0 Å². The van der Waals surface area contributed by atoms with Gasteiger partial charge in [0.05, 0.1) is 24.9 Å². The Morgan fingerprint density at radius 3 is 1.98 bits per heavy atom. The van der Waals surface area contributed by atoms with Crippen LogP contribution in [0.4, 0.5) is 4.79 Å². The first-order valence-corrected chi connectivity index (χ1v) is 16.9. The van der Waals surface area contributed by atoms with Gasteiger partial charge in [0, 0.05) is 38.2 Å². The first-order valence-electron chi connectivity index (χ1n) is 16.9. The topological polar surface area (TPSA) is 150 Å². The number of hydrazine groups is 1. The number of aromatic nitrogens is 1. The van der Waals surface area contributed by atoms with E-state index in [2.05, 4.69) is 21.0 Å². The number of aliphatic hydroxyl groups is 1. The maximum atomic E-state index is 13.8. The quantitative estimate of drug-likeness (QED) is 0.162. The third-order valence-electron chi connectivity index (χ3n) is 8.42. The lowest BCUT2D eigenvalue weighted by atomic mass is 9.79. The Hall–Kier alpha value is -4.61. The maximum absolute atomic E-state index is 13.8. The third-order valence-corrected chi connectivity index (χ3v) is 8.42. The normalized spacial score (nSPS) is 14.2. The van der Waals surface area contributed by atoms with Gasteiger partial charge in [-0.25, -0.2) is 9.80 Å². The van der Waals surface area contributed by atoms with E-state index in [-0.39, 0.29) is 31.2 Å². The minimum atomic E-state index is -1.08. The number of ether oxygens (including phenoxy) is 1. The first-order chi connectivity index (χ1) is 23.5. The number of alkyl carbamates (subject to hydrolysis) is 1. The highest BCUT2D eigenvalue weighted by Gasteiger charge is 2.37. The van der Waals surface area contributed by atoms with Gasteiger partial charge in [0.25, 0.3) is 5.91 Å². The van der Waals surface area contributed by atoms with Crippen LogP contribution >= 0.6 is 0 Å². The summed E-state index contributed by atoms with van der Waals surface area (Å²) in [5.74, 6) is -1.55. The van der Waals surface area contributed by atoms with Gasteiger partial charge in [-0.1, -0.05) is 102 Å². The summed E-state index contributed by atoms with van der Waals surface area (Å²) in [5, 5.41) is 18.9. The maximum Gasteiger partial charge on any atom is 0.407 e. The standard InChI is InChI=1S/C39H53N5O6/c1-26(45)41-34(38(2,3)4)32(46)23-30(22-27-14-10-9-11-15-27)33(47)25-44(43-36(48)35(39(5,6)7)42-37(49)50-8)24-28-17-19-29(20-18-28)31-16-12-13-21-40-31/h9-21,30,33-35,47H,22-25H2,1-8H3,(H,41,45)(H,42,49)(H,43,48)/t30-,33+,34-,35+/m1/s1. The molecule has 0 spiro atoms. The number of methoxy groups -OCH3 is 1. The summed E-state index contributed by atoms with van der Waals surface area (Å²) in [6.07, 6.45) is 0.289. The van der Waals surface area contributed by atoms with Crippen molar-refractivity contribution < 1.29 is 29.0 Å². The molecule has 1 aromatic heterocycles. The number of benzene rings is 2. The van der Waals surface area contributed by atoms with Crippen molar-refractivity contribution in [2.75, 3.05) is 13.7 Å². The molecule has 0 saturated heterocycles. The number of ketones is 1. The van der Waals surface area contributed by atoms with Crippen molar-refractivity contribution in [2.45, 2.75) is 86.0 Å². The molecule has 50 heavy (non-hydrogen) atoms. The fourth-order valence-electron chi connectivity index (χ4n) is 5.75. The van der Waals surface area contributed by atoms with E-state index in [0.717, 1.165) is 22.4 Å². The molecular formula is C39H53N5O6. The Kier molecular flexibility index (Phi) is 14.2. The number of hydrogen-bond donors (Lipinski definition) is 4. The van der Waals surface area contributed by atoms with Crippen LogP contribution < -0.4 is 16.1 Å². The van der Waals surface area contributed by atoms with Gasteiger partial charge in [-0.15, -0.1) is 0 Å². The second kappa shape index (κ2) is 17.9. The highest BCUT2D eigenvalue weighted by Crippen LogP contribution is 2.26. The lowest BCUT2D eigenvalue weighted by Gasteiger charge is -2.35. The van der Waals surface area contributed by atoms with Crippen molar-refractivity contribution >= 4 is 23.7 Å². The van der Waals surface area contributed by atoms with Crippen LogP contribution in [0.2, 0.25) is 0 Å². The summed E-state index contributed by atoms with van der Waals surface area (Å²) in [7, 11) is 1.23. The van der Waals surface area contributed by atoms with E-state index >= 15 is 0 Å². The minimum Gasteiger partial charge on any atom is -0.453 e. The zero-order valence-electron chi connectivity index (χ0n) is 30.5. The predicted octanol–water partition coefficient (Wildman–Crippen LogP) is 5.08. The van der Waals surface area contributed by atoms with Gasteiger partial charge in [-0.2, -0.15) is 0 Å². The summed E-state index contributed by atoms with van der Waals surface area (Å²) in [5.41, 5.74) is 5.23. The van der Waals surface area contributed by atoms with Crippen molar-refractivity contribution in [3.8, 4) is 11.3 Å². The van der Waals surface area contributed by atoms with Crippen LogP contribution in [0.1, 0.15) is 66.0 Å². The number of pyridine rings is 1. The number of carbonyl (C=O) groups is 4. The van der Waals surface area contributed by atoms with Gasteiger partial charge in [0.1, 0.15) is 6.04 Å². The second-order valence-electron chi connectivity index (χ2n) is 14.9. The molecule has 4 N–H and O–H groups in total. The van der Waals surface area contributed by atoms with Crippen LogP contribution in [0.5, 0.6) is 0 Å². The van der Waals surface area contributed by atoms with E-state index < -0.39 is 46.9 Å². The summed E-state index contributed by atoms with van der Waals surface area (Å²) in [6.45, 7) is 12.7. The smallest absolute Gasteiger partial charge is 0.407 e. The largest absolute Gasteiger partial charge is 0.453 e. The molecule has 1 heterocycles. The average Bonchev–Trinajstić information content (AvgIpc) is 3.05. The third kappa shape index (κ3) is 12.4. The molecule has 0 radical (unpaired) electrons. The monoisotopic (exact) mass is 687 g/mol. The highest BCUT2D eigenvalue weighted by molar-refractivity contribution is 5.89. The van der Waals surface area contributed by atoms with Crippen molar-refractivity contribution in [2.24, 2.45) is 16.7 Å². The van der Waals surface area contributed by atoms with Crippen LogP contribution in [-0.4, -0.2) is 70.6 Å². The molecule has 3 rings (SSSR count). The second-order valence-corrected chi connectivity index (χ2v) is 14.9. The van der Waals surface area contributed by atoms with E-state index in [1.807, 2.05) is 114 Å². The number of carbonyl (C=O) groups excluding carboxylic acids is 4. The molecule has 0 fully saturated rings. The lowest BCUT2D eigenvalue weighted by molar-refractivity contribution is -0.133. The van der Waals surface area contributed by atoms with Crippen LogP contribution in [0.15, 0.2) is 79.0 Å². The molecule has 0 saturated carbocycles. The van der Waals surface area contributed by atoms with Crippen LogP contribution in [0.3, 0.4) is 0 Å². The summed E-state index contributed by atoms with van der Waals surface area (Å²) in [4.78, 5) is 56.3. The lowest BCUT2D eigenvalue weighted by Crippen LogP contribution is -2.58. The Morgan fingerprint density at radius 2 is 1.44 bits per heavy atom. The number of rotatable bonds is 15. The van der Waals surface area contributed by atoms with Gasteiger partial charge < -0.3 is 20.5 Å². The predicted molar refractivity (Wildman–Crippen MR) is 193 cm³/mol. The molecule has 4 atom stereocenters. The summed E-state index contributed by atoms with van der Waals surface area (Å²) >= 11 is 0. The highest BCUT2D eigenvalue weighted by atomic mass is 16.5. The van der Waals surface area contributed by atoms with E-state index in [1.54, 1.807) is 11.2 Å². The molecule has 3 aromatic rings. The SMILES string of the molecule is COC(=O)N[C@@H](C(=O)NN(Cc1ccc(-c2ccccn2)cc1)C[C@H](O)[C@@H](CC(=O)[C@@H](NC(C)=O)C(C)(C)C)Cc1ccccc1)C(C)(C)C. The molecule has 2 aromatic carbocycles. The Labute approximate surface area is 296 Å². The van der Waals surface area contributed by atoms with Crippen LogP contribution in [-0.2, 0) is 32.1 Å². The Morgan fingerprint density at radius 1 is 0.820 bits per heavy atom. The Balaban J connectivity index is 1.95. The van der Waals surface area contributed by atoms with Gasteiger partial charge in [-0.3, -0.25) is 24.8 Å². The van der Waals surface area contributed by atoms with Gasteiger partial charge in [0.15, 0.2) is 5.78 Å². The molecule has 0 aliphatic heterocycles. The molecule has 0 bridgehead atoms. The zero-order chi connectivity index (χ0) is 37.1. The summed E-state index contributed by atoms with van der Waals surface area (Å²) < 4.78 is 4.78. The molecule has 0 unspecified atom stereocenters. The molecule has 0 aliphatic rings. The minimum absolute atomic E-state index is 0.00660. The number of aliphatic hydroxyl groups excluding tert-OH is 1. The average molecular weight is 688 g/mol. The van der Waals surface area contributed by atoms with Crippen LogP contribution in [0, 0.1) is 16.7 Å². The number of hydrogen-bond acceptors (Lipinski definition) is 8. The van der Waals surface area contributed by atoms with E-state index in [4.69, 9.17) is 4.74 Å². The Bertz CT molecular complexity index is 1550. The molecule has 3 amide bonds. The molecule has 0 aliphatic carbocycles. The van der Waals surface area contributed by atoms with E-state index in [9.17, 15) is 24.3 Å². The number of nitrogens with one attached hydrogen (secondary N) is 3. The van der Waals surface area contributed by atoms with Gasteiger partial charge in [0.2, 0.25) is 5.91 Å². The van der Waals surface area contributed by atoms with Gasteiger partial charge >= 0.3 is 6.09 Å². The van der Waals surface area contributed by atoms with Crippen LogP contribution in [0.25, 0.3) is 11.3 Å². The number of nitrogens with zero attached hydrogens (tertiary/aromatic N) is 2. The van der Waals surface area contributed by atoms with Gasteiger partial charge in [-0.05, 0) is 46.4 Å². The van der Waals surface area contributed by atoms with E-state index in [0.29, 0.717) is 6.42 Å². The fourth-order valence-corrected chi connectivity index (χ4v) is 5.75.